The smallest absolute Gasteiger partial charge is 0.279 e. The molecular weight excluding hydrogens is 240 g/mol. The predicted molar refractivity (Wildman–Crippen MR) is 63.9 cm³/mol. The molecule has 0 aliphatic heterocycles. The van der Waals surface area contributed by atoms with Crippen molar-refractivity contribution in [3.63, 3.8) is 0 Å². The van der Waals surface area contributed by atoms with Crippen molar-refractivity contribution in [2.75, 3.05) is 12.4 Å². The van der Waals surface area contributed by atoms with Crippen molar-refractivity contribution in [3.8, 4) is 0 Å². The van der Waals surface area contributed by atoms with E-state index in [0.717, 1.165) is 5.69 Å². The second-order valence-electron chi connectivity index (χ2n) is 3.40. The number of H-pyrrole nitrogens is 1. The number of hydrogen-bond donors (Lipinski definition) is 3. The second kappa shape index (κ2) is 5.02. The first kappa shape index (κ1) is 11.7. The van der Waals surface area contributed by atoms with Gasteiger partial charge in [0.15, 0.2) is 10.8 Å². The Hall–Kier alpha value is -1.80. The minimum absolute atomic E-state index is 0.156. The molecule has 0 saturated carbocycles. The van der Waals surface area contributed by atoms with Crippen LogP contribution in [0.15, 0.2) is 11.6 Å². The van der Waals surface area contributed by atoms with E-state index in [2.05, 4.69) is 31.0 Å². The number of carbonyl (C=O) groups excluding carboxylic acids is 1. The average Bonchev–Trinajstić information content (AvgIpc) is 2.98. The largest absolute Gasteiger partial charge is 0.312 e. The highest BCUT2D eigenvalue weighted by Gasteiger charge is 2.13. The molecule has 0 fully saturated rings. The van der Waals surface area contributed by atoms with E-state index in [1.807, 2.05) is 19.4 Å². The first-order valence-electron chi connectivity index (χ1n) is 5.00. The number of aromatic amines is 1. The minimum atomic E-state index is -0.322. The third kappa shape index (κ3) is 2.66. The molecule has 0 aliphatic rings. The molecule has 8 heteroatoms. The lowest BCUT2D eigenvalue weighted by molar-refractivity contribution is 0.102. The fraction of sp³-hybridized carbons (Fsp3) is 0.333. The van der Waals surface area contributed by atoms with E-state index in [0.29, 0.717) is 5.13 Å². The van der Waals surface area contributed by atoms with Crippen molar-refractivity contribution in [1.29, 1.82) is 0 Å². The van der Waals surface area contributed by atoms with Gasteiger partial charge in [0.25, 0.3) is 5.91 Å². The molecule has 0 bridgehead atoms. The van der Waals surface area contributed by atoms with Gasteiger partial charge >= 0.3 is 0 Å². The van der Waals surface area contributed by atoms with Gasteiger partial charge in [0, 0.05) is 11.4 Å². The molecule has 17 heavy (non-hydrogen) atoms. The van der Waals surface area contributed by atoms with Crippen molar-refractivity contribution >= 4 is 22.4 Å². The van der Waals surface area contributed by atoms with Crippen LogP contribution in [0.2, 0.25) is 0 Å². The van der Waals surface area contributed by atoms with E-state index in [1.165, 1.54) is 17.5 Å². The van der Waals surface area contributed by atoms with Crippen molar-refractivity contribution in [3.05, 3.63) is 23.0 Å². The summed E-state index contributed by atoms with van der Waals surface area (Å²) >= 11 is 1.38. The highest BCUT2D eigenvalue weighted by atomic mass is 32.1. The number of nitrogens with one attached hydrogen (secondary N) is 3. The Labute approximate surface area is 102 Å². The fourth-order valence-electron chi connectivity index (χ4n) is 1.16. The van der Waals surface area contributed by atoms with Crippen LogP contribution in [-0.4, -0.2) is 33.3 Å². The third-order valence-electron chi connectivity index (χ3n) is 2.27. The van der Waals surface area contributed by atoms with Gasteiger partial charge in [0.05, 0.1) is 11.9 Å². The predicted octanol–water partition coefficient (Wildman–Crippen LogP) is 0.794. The lowest BCUT2D eigenvalue weighted by Crippen LogP contribution is -2.14. The van der Waals surface area contributed by atoms with E-state index >= 15 is 0 Å². The van der Waals surface area contributed by atoms with Crippen LogP contribution < -0.4 is 10.6 Å². The average molecular weight is 252 g/mol. The molecule has 1 unspecified atom stereocenters. The summed E-state index contributed by atoms with van der Waals surface area (Å²) in [7, 11) is 1.86. The van der Waals surface area contributed by atoms with Gasteiger partial charge < -0.3 is 5.32 Å². The molecule has 1 atom stereocenters. The molecule has 7 nitrogen and oxygen atoms in total. The van der Waals surface area contributed by atoms with E-state index in [-0.39, 0.29) is 17.6 Å². The maximum atomic E-state index is 11.6. The maximum Gasteiger partial charge on any atom is 0.279 e. The molecule has 3 N–H and O–H groups in total. The van der Waals surface area contributed by atoms with Crippen LogP contribution in [0.4, 0.5) is 5.13 Å². The minimum Gasteiger partial charge on any atom is -0.312 e. The zero-order valence-electron chi connectivity index (χ0n) is 9.39. The third-order valence-corrected chi connectivity index (χ3v) is 3.04. The Kier molecular flexibility index (Phi) is 3.45. The molecule has 2 aromatic rings. The lowest BCUT2D eigenvalue weighted by atomic mass is 10.3. The lowest BCUT2D eigenvalue weighted by Gasteiger charge is -2.04. The summed E-state index contributed by atoms with van der Waals surface area (Å²) in [6.07, 6.45) is 1.36. The monoisotopic (exact) mass is 252 g/mol. The number of aromatic nitrogens is 4. The number of hydrogen-bond acceptors (Lipinski definition) is 6. The molecule has 0 aliphatic carbocycles. The van der Waals surface area contributed by atoms with Crippen LogP contribution in [0.1, 0.15) is 29.1 Å². The van der Waals surface area contributed by atoms with Crippen LogP contribution in [-0.2, 0) is 0 Å². The van der Waals surface area contributed by atoms with Gasteiger partial charge in [-0.3, -0.25) is 10.1 Å². The Morgan fingerprint density at radius 2 is 2.41 bits per heavy atom. The Morgan fingerprint density at radius 3 is 3.06 bits per heavy atom. The first-order valence-corrected chi connectivity index (χ1v) is 5.88. The van der Waals surface area contributed by atoms with Crippen LogP contribution >= 0.6 is 11.3 Å². The molecule has 2 heterocycles. The van der Waals surface area contributed by atoms with Crippen molar-refractivity contribution < 1.29 is 4.79 Å². The van der Waals surface area contributed by atoms with Crippen LogP contribution in [0.5, 0.6) is 0 Å². The molecule has 0 saturated heterocycles. The summed E-state index contributed by atoms with van der Waals surface area (Å²) in [6.45, 7) is 2.00. The molecule has 2 rings (SSSR count). The number of carbonyl (C=O) groups is 1. The van der Waals surface area contributed by atoms with Gasteiger partial charge in [-0.1, -0.05) is 0 Å². The van der Waals surface area contributed by atoms with Crippen LogP contribution in [0.3, 0.4) is 0 Å². The molecular formula is C9H12N6OS. The maximum absolute atomic E-state index is 11.6. The summed E-state index contributed by atoms with van der Waals surface area (Å²) in [4.78, 5) is 15.9. The molecule has 0 radical (unpaired) electrons. The quantitative estimate of drug-likeness (QED) is 0.747. The van der Waals surface area contributed by atoms with Gasteiger partial charge in [0.2, 0.25) is 0 Å². The SMILES string of the molecule is CNC(C)c1csc(NC(=O)c2cn[nH]n2)n1. The van der Waals surface area contributed by atoms with E-state index in [4.69, 9.17) is 0 Å². The molecule has 90 valence electrons. The summed E-state index contributed by atoms with van der Waals surface area (Å²) in [6, 6.07) is 0.156. The van der Waals surface area contributed by atoms with Crippen molar-refractivity contribution in [1.82, 2.24) is 25.7 Å². The van der Waals surface area contributed by atoms with E-state index < -0.39 is 0 Å². The van der Waals surface area contributed by atoms with Gasteiger partial charge in [-0.05, 0) is 14.0 Å². The summed E-state index contributed by atoms with van der Waals surface area (Å²) in [5, 5.41) is 17.8. The first-order chi connectivity index (χ1) is 8.20. The number of amides is 1. The van der Waals surface area contributed by atoms with Gasteiger partial charge in [-0.2, -0.15) is 15.4 Å². The number of anilines is 1. The van der Waals surface area contributed by atoms with E-state index in [9.17, 15) is 4.79 Å². The Balaban J connectivity index is 2.04. The van der Waals surface area contributed by atoms with Crippen molar-refractivity contribution in [2.24, 2.45) is 0 Å². The Bertz CT molecular complexity index is 493. The summed E-state index contributed by atoms with van der Waals surface area (Å²) < 4.78 is 0. The second-order valence-corrected chi connectivity index (χ2v) is 4.26. The molecule has 0 aromatic carbocycles. The zero-order valence-corrected chi connectivity index (χ0v) is 10.2. The molecule has 1 amide bonds. The van der Waals surface area contributed by atoms with Gasteiger partial charge in [-0.25, -0.2) is 4.98 Å². The normalized spacial score (nSPS) is 12.4. The van der Waals surface area contributed by atoms with Gasteiger partial charge in [0.1, 0.15) is 0 Å². The van der Waals surface area contributed by atoms with Crippen molar-refractivity contribution in [2.45, 2.75) is 13.0 Å². The number of nitrogens with zero attached hydrogens (tertiary/aromatic N) is 3. The molecule has 2 aromatic heterocycles. The van der Waals surface area contributed by atoms with E-state index in [1.54, 1.807) is 0 Å². The standard InChI is InChI=1S/C9H12N6OS/c1-5(10-2)7-4-17-9(12-7)13-8(16)6-3-11-15-14-6/h3-5,10H,1-2H3,(H,11,14,15)(H,12,13,16). The van der Waals surface area contributed by atoms with Crippen LogP contribution in [0.25, 0.3) is 0 Å². The van der Waals surface area contributed by atoms with Crippen LogP contribution in [0, 0.1) is 0 Å². The van der Waals surface area contributed by atoms with Gasteiger partial charge in [-0.15, -0.1) is 11.3 Å². The zero-order chi connectivity index (χ0) is 12.3. The fourth-order valence-corrected chi connectivity index (χ4v) is 1.96. The highest BCUT2D eigenvalue weighted by molar-refractivity contribution is 7.14. The highest BCUT2D eigenvalue weighted by Crippen LogP contribution is 2.20. The topological polar surface area (TPSA) is 95.6 Å². The molecule has 0 spiro atoms. The summed E-state index contributed by atoms with van der Waals surface area (Å²) in [5.41, 5.74) is 1.14. The summed E-state index contributed by atoms with van der Waals surface area (Å²) in [5.74, 6) is -0.322. The number of rotatable bonds is 4. The number of thiazole rings is 1. The Morgan fingerprint density at radius 1 is 1.59 bits per heavy atom.